The molecule has 0 saturated carbocycles. The van der Waals surface area contributed by atoms with Gasteiger partial charge in [-0.05, 0) is 46.5 Å². The monoisotopic (exact) mass is 605 g/mol. The quantitative estimate of drug-likeness (QED) is 0.188. The first-order chi connectivity index (χ1) is 22.8. The number of furan rings is 1. The molecule has 0 N–H and O–H groups in total. The Labute approximate surface area is 267 Å². The van der Waals surface area contributed by atoms with Crippen LogP contribution in [0.2, 0.25) is 0 Å². The Morgan fingerprint density at radius 3 is 2.02 bits per heavy atom. The topological polar surface area (TPSA) is 51.8 Å². The van der Waals surface area contributed by atoms with Crippen molar-refractivity contribution in [2.45, 2.75) is 0 Å². The van der Waals surface area contributed by atoms with Gasteiger partial charge in [0.2, 0.25) is 0 Å². The van der Waals surface area contributed by atoms with Crippen molar-refractivity contribution < 1.29 is 4.42 Å². The first kappa shape index (κ1) is 25.4. The maximum Gasteiger partial charge on any atom is 0.164 e. The molecule has 10 aromatic rings. The Morgan fingerprint density at radius 2 is 1.13 bits per heavy atom. The fourth-order valence-corrected chi connectivity index (χ4v) is 8.03. The summed E-state index contributed by atoms with van der Waals surface area (Å²) in [5.41, 5.74) is 4.55. The summed E-state index contributed by atoms with van der Waals surface area (Å²) in [4.78, 5) is 15.3. The number of hydrogen-bond donors (Lipinski definition) is 0. The molecule has 4 nitrogen and oxygen atoms in total. The van der Waals surface area contributed by atoms with E-state index in [1.54, 1.807) is 0 Å². The minimum absolute atomic E-state index is 0.626. The Hall–Kier alpha value is -5.91. The van der Waals surface area contributed by atoms with Gasteiger partial charge in [0.05, 0.1) is 0 Å². The summed E-state index contributed by atoms with van der Waals surface area (Å²) in [6.07, 6.45) is 0. The van der Waals surface area contributed by atoms with Gasteiger partial charge in [-0.15, -0.1) is 11.3 Å². The molecule has 0 amide bonds. The van der Waals surface area contributed by atoms with E-state index in [2.05, 4.69) is 78.9 Å². The van der Waals surface area contributed by atoms with Crippen LogP contribution in [0.1, 0.15) is 0 Å². The first-order valence-corrected chi connectivity index (χ1v) is 16.1. The van der Waals surface area contributed by atoms with Crippen molar-refractivity contribution in [1.82, 2.24) is 15.0 Å². The molecular formula is C41H23N3OS. The molecular weight excluding hydrogens is 583 g/mol. The van der Waals surface area contributed by atoms with E-state index < -0.39 is 0 Å². The van der Waals surface area contributed by atoms with E-state index in [0.717, 1.165) is 44.0 Å². The van der Waals surface area contributed by atoms with Crippen LogP contribution in [0.5, 0.6) is 0 Å². The third-order valence-corrected chi connectivity index (χ3v) is 10.1. The SMILES string of the molecule is c1ccc(-c2nc(-c3ccc4oc5ccccc5c4c3)nc(-c3cccc4c3ccc3ccc5c6ccccc6sc5c34)n2)cc1. The highest BCUT2D eigenvalue weighted by Crippen LogP contribution is 2.42. The Bertz CT molecular complexity index is 2820. The van der Waals surface area contributed by atoms with Gasteiger partial charge in [0.25, 0.3) is 0 Å². The van der Waals surface area contributed by atoms with Crippen LogP contribution >= 0.6 is 11.3 Å². The van der Waals surface area contributed by atoms with E-state index in [9.17, 15) is 0 Å². The first-order valence-electron chi connectivity index (χ1n) is 15.3. The second-order valence-corrected chi connectivity index (χ2v) is 12.6. The lowest BCUT2D eigenvalue weighted by Gasteiger charge is -2.12. The van der Waals surface area contributed by atoms with Gasteiger partial charge < -0.3 is 4.42 Å². The van der Waals surface area contributed by atoms with Crippen LogP contribution in [0.15, 0.2) is 144 Å². The Balaban J connectivity index is 1.24. The zero-order valence-electron chi connectivity index (χ0n) is 24.4. The molecule has 0 atom stereocenters. The average molecular weight is 606 g/mol. The zero-order chi connectivity index (χ0) is 30.2. The molecule has 0 spiro atoms. The third kappa shape index (κ3) is 3.82. The molecule has 3 heterocycles. The van der Waals surface area contributed by atoms with Gasteiger partial charge in [-0.25, -0.2) is 15.0 Å². The number of fused-ring (bicyclic) bond motifs is 10. The smallest absolute Gasteiger partial charge is 0.164 e. The fourth-order valence-electron chi connectivity index (χ4n) is 6.76. The highest BCUT2D eigenvalue weighted by atomic mass is 32.1. The lowest BCUT2D eigenvalue weighted by atomic mass is 9.96. The van der Waals surface area contributed by atoms with Gasteiger partial charge in [-0.1, -0.05) is 109 Å². The largest absolute Gasteiger partial charge is 0.456 e. The van der Waals surface area contributed by atoms with E-state index in [1.807, 2.05) is 72.0 Å². The number of para-hydroxylation sites is 1. The van der Waals surface area contributed by atoms with E-state index >= 15 is 0 Å². The molecule has 5 heteroatoms. The average Bonchev–Trinajstić information content (AvgIpc) is 3.69. The fraction of sp³-hybridized carbons (Fsp3) is 0. The molecule has 0 aliphatic carbocycles. The van der Waals surface area contributed by atoms with Crippen molar-refractivity contribution in [3.8, 4) is 34.2 Å². The highest BCUT2D eigenvalue weighted by molar-refractivity contribution is 7.26. The van der Waals surface area contributed by atoms with Crippen molar-refractivity contribution in [1.29, 1.82) is 0 Å². The molecule has 0 unspecified atom stereocenters. The highest BCUT2D eigenvalue weighted by Gasteiger charge is 2.18. The van der Waals surface area contributed by atoms with Crippen LogP contribution in [-0.4, -0.2) is 15.0 Å². The van der Waals surface area contributed by atoms with E-state index in [1.165, 1.54) is 36.3 Å². The van der Waals surface area contributed by atoms with Crippen LogP contribution in [0.4, 0.5) is 0 Å². The number of benzene rings is 7. The molecule has 46 heavy (non-hydrogen) atoms. The number of thiophene rings is 1. The van der Waals surface area contributed by atoms with Gasteiger partial charge in [0.1, 0.15) is 11.2 Å². The van der Waals surface area contributed by atoms with Crippen LogP contribution in [0.25, 0.3) is 97.8 Å². The molecule has 0 aliphatic heterocycles. The molecule has 0 aliphatic rings. The van der Waals surface area contributed by atoms with Gasteiger partial charge in [-0.2, -0.15) is 0 Å². The molecule has 0 radical (unpaired) electrons. The van der Waals surface area contributed by atoms with E-state index in [4.69, 9.17) is 19.4 Å². The molecule has 10 rings (SSSR count). The van der Waals surface area contributed by atoms with Gasteiger partial charge in [0, 0.05) is 53.0 Å². The third-order valence-electron chi connectivity index (χ3n) is 8.93. The number of nitrogens with zero attached hydrogens (tertiary/aromatic N) is 3. The molecule has 3 aromatic heterocycles. The summed E-state index contributed by atoms with van der Waals surface area (Å²) in [6, 6.07) is 48.5. The van der Waals surface area contributed by atoms with Crippen molar-refractivity contribution in [3.63, 3.8) is 0 Å². The maximum absolute atomic E-state index is 6.11. The van der Waals surface area contributed by atoms with Gasteiger partial charge >= 0.3 is 0 Å². The lowest BCUT2D eigenvalue weighted by Crippen LogP contribution is -2.00. The summed E-state index contributed by atoms with van der Waals surface area (Å²) in [6.45, 7) is 0. The number of rotatable bonds is 3. The Morgan fingerprint density at radius 1 is 0.435 bits per heavy atom. The van der Waals surface area contributed by atoms with Gasteiger partial charge in [-0.3, -0.25) is 0 Å². The minimum Gasteiger partial charge on any atom is -0.456 e. The molecule has 7 aromatic carbocycles. The van der Waals surface area contributed by atoms with Crippen molar-refractivity contribution >= 4 is 75.0 Å². The molecule has 0 saturated heterocycles. The zero-order valence-corrected chi connectivity index (χ0v) is 25.3. The van der Waals surface area contributed by atoms with E-state index in [-0.39, 0.29) is 0 Å². The number of hydrogen-bond acceptors (Lipinski definition) is 5. The second kappa shape index (κ2) is 9.80. The molecule has 214 valence electrons. The second-order valence-electron chi connectivity index (χ2n) is 11.6. The predicted octanol–water partition coefficient (Wildman–Crippen LogP) is 11.4. The van der Waals surface area contributed by atoms with Crippen molar-refractivity contribution in [2.75, 3.05) is 0 Å². The molecule has 0 fully saturated rings. The van der Waals surface area contributed by atoms with Crippen molar-refractivity contribution in [2.24, 2.45) is 0 Å². The summed E-state index contributed by atoms with van der Waals surface area (Å²) in [5, 5.41) is 9.52. The summed E-state index contributed by atoms with van der Waals surface area (Å²) >= 11 is 1.86. The summed E-state index contributed by atoms with van der Waals surface area (Å²) in [7, 11) is 0. The van der Waals surface area contributed by atoms with Gasteiger partial charge in [0.15, 0.2) is 17.5 Å². The standard InChI is InChI=1S/C41H23N3OS/c1-2-9-25(10-3-1)39-42-40(26-19-22-35-33(23-26)28-11-4-6-15-34(28)45-35)44-41(43-39)32-14-8-13-30-27(32)20-17-24-18-21-31-29-12-5-7-16-36(29)46-38(31)37(24)30/h1-23H. The normalized spacial score (nSPS) is 11.9. The van der Waals surface area contributed by atoms with Crippen LogP contribution in [-0.2, 0) is 0 Å². The van der Waals surface area contributed by atoms with E-state index in [0.29, 0.717) is 17.5 Å². The lowest BCUT2D eigenvalue weighted by molar-refractivity contribution is 0.669. The number of aromatic nitrogens is 3. The molecule has 0 bridgehead atoms. The predicted molar refractivity (Wildman–Crippen MR) is 191 cm³/mol. The van der Waals surface area contributed by atoms with Crippen molar-refractivity contribution in [3.05, 3.63) is 140 Å². The minimum atomic E-state index is 0.626. The summed E-state index contributed by atoms with van der Waals surface area (Å²) in [5.74, 6) is 1.91. The summed E-state index contributed by atoms with van der Waals surface area (Å²) < 4.78 is 8.72. The van der Waals surface area contributed by atoms with Crippen LogP contribution in [0, 0.1) is 0 Å². The van der Waals surface area contributed by atoms with Crippen LogP contribution in [0.3, 0.4) is 0 Å². The maximum atomic E-state index is 6.11. The Kier molecular flexibility index (Phi) is 5.41. The van der Waals surface area contributed by atoms with Crippen LogP contribution < -0.4 is 0 Å².